The van der Waals surface area contributed by atoms with Crippen LogP contribution >= 0.6 is 0 Å². The van der Waals surface area contributed by atoms with Crippen LogP contribution in [0.25, 0.3) is 0 Å². The van der Waals surface area contributed by atoms with Crippen molar-refractivity contribution in [3.8, 4) is 6.07 Å². The molecule has 0 unspecified atom stereocenters. The van der Waals surface area contributed by atoms with Gasteiger partial charge in [-0.15, -0.1) is 0 Å². The molecule has 2 aromatic carbocycles. The van der Waals surface area contributed by atoms with Crippen molar-refractivity contribution in [3.05, 3.63) is 83.4 Å². The van der Waals surface area contributed by atoms with Crippen molar-refractivity contribution in [2.75, 3.05) is 22.9 Å². The Kier molecular flexibility index (Phi) is 5.12. The van der Waals surface area contributed by atoms with Crippen molar-refractivity contribution >= 4 is 23.2 Å². The summed E-state index contributed by atoms with van der Waals surface area (Å²) in [5, 5.41) is 9.13. The molecule has 0 N–H and O–H groups in total. The lowest BCUT2D eigenvalue weighted by molar-refractivity contribution is -0.124. The van der Waals surface area contributed by atoms with E-state index in [9.17, 15) is 9.59 Å². The molecule has 1 fully saturated rings. The average Bonchev–Trinajstić information content (AvgIpc) is 3.42. The van der Waals surface area contributed by atoms with E-state index in [0.717, 1.165) is 35.2 Å². The minimum absolute atomic E-state index is 0.0137. The highest BCUT2D eigenvalue weighted by molar-refractivity contribution is 6.05. The molecule has 2 aliphatic rings. The van der Waals surface area contributed by atoms with Crippen LogP contribution in [-0.4, -0.2) is 34.9 Å². The second kappa shape index (κ2) is 8.23. The standard InChI is InChI=1S/C25H21N5O2/c26-12-18-2-1-3-22(10-18)30-15-21(11-24(30)31)25(32)29-7-6-20-9-17(4-5-23(20)29)8-19-13-27-16-28-14-19/h1-5,9-10,13-14,16,21H,6-8,11,15H2/t21-/m0/s1. The van der Waals surface area contributed by atoms with E-state index in [1.54, 1.807) is 29.2 Å². The number of benzene rings is 2. The summed E-state index contributed by atoms with van der Waals surface area (Å²) in [6, 6.07) is 15.2. The first kappa shape index (κ1) is 19.9. The van der Waals surface area contributed by atoms with Crippen LogP contribution in [-0.2, 0) is 22.4 Å². The van der Waals surface area contributed by atoms with Gasteiger partial charge in [0.2, 0.25) is 11.8 Å². The first-order valence-corrected chi connectivity index (χ1v) is 10.6. The zero-order valence-corrected chi connectivity index (χ0v) is 17.4. The normalized spacial score (nSPS) is 17.3. The second-order valence-corrected chi connectivity index (χ2v) is 8.19. The zero-order valence-electron chi connectivity index (χ0n) is 17.4. The molecule has 32 heavy (non-hydrogen) atoms. The largest absolute Gasteiger partial charge is 0.312 e. The molecule has 0 bridgehead atoms. The van der Waals surface area contributed by atoms with E-state index in [1.165, 1.54) is 6.33 Å². The Hall–Kier alpha value is -4.05. The Bertz CT molecular complexity index is 1230. The molecule has 2 amide bonds. The molecule has 1 atom stereocenters. The zero-order chi connectivity index (χ0) is 22.1. The molecule has 0 radical (unpaired) electrons. The lowest BCUT2D eigenvalue weighted by Crippen LogP contribution is -2.36. The molecule has 7 nitrogen and oxygen atoms in total. The lowest BCUT2D eigenvalue weighted by Gasteiger charge is -2.22. The maximum Gasteiger partial charge on any atom is 0.232 e. The number of nitrogens with zero attached hydrogens (tertiary/aromatic N) is 5. The van der Waals surface area contributed by atoms with Crippen molar-refractivity contribution in [2.24, 2.45) is 5.92 Å². The number of aromatic nitrogens is 2. The lowest BCUT2D eigenvalue weighted by atomic mass is 10.0. The van der Waals surface area contributed by atoms with Gasteiger partial charge in [-0.2, -0.15) is 5.26 Å². The number of hydrogen-bond acceptors (Lipinski definition) is 5. The third kappa shape index (κ3) is 3.71. The van der Waals surface area contributed by atoms with Gasteiger partial charge in [-0.3, -0.25) is 9.59 Å². The SMILES string of the molecule is N#Cc1cccc(N2C[C@@H](C(=O)N3CCc4cc(Cc5cncnc5)ccc43)CC2=O)c1. The molecule has 3 heterocycles. The van der Waals surface area contributed by atoms with Crippen LogP contribution in [0.15, 0.2) is 61.2 Å². The second-order valence-electron chi connectivity index (χ2n) is 8.19. The topological polar surface area (TPSA) is 90.2 Å². The van der Waals surface area contributed by atoms with Gasteiger partial charge in [-0.25, -0.2) is 9.97 Å². The predicted octanol–water partition coefficient (Wildman–Crippen LogP) is 2.88. The van der Waals surface area contributed by atoms with Crippen LogP contribution in [0.2, 0.25) is 0 Å². The molecule has 1 aromatic heterocycles. The van der Waals surface area contributed by atoms with E-state index in [1.807, 2.05) is 29.4 Å². The van der Waals surface area contributed by atoms with Crippen LogP contribution in [0.4, 0.5) is 11.4 Å². The fourth-order valence-electron chi connectivity index (χ4n) is 4.54. The smallest absolute Gasteiger partial charge is 0.232 e. The fraction of sp³-hybridized carbons (Fsp3) is 0.240. The molecule has 0 aliphatic carbocycles. The van der Waals surface area contributed by atoms with E-state index >= 15 is 0 Å². The Morgan fingerprint density at radius 1 is 1.12 bits per heavy atom. The molecule has 2 aliphatic heterocycles. The van der Waals surface area contributed by atoms with Gasteiger partial charge in [-0.1, -0.05) is 18.2 Å². The summed E-state index contributed by atoms with van der Waals surface area (Å²) < 4.78 is 0. The van der Waals surface area contributed by atoms with Crippen LogP contribution in [0.5, 0.6) is 0 Å². The summed E-state index contributed by atoms with van der Waals surface area (Å²) in [4.78, 5) is 37.5. The molecule has 0 saturated carbocycles. The molecule has 0 spiro atoms. The summed E-state index contributed by atoms with van der Waals surface area (Å²) in [5.74, 6) is -0.487. The van der Waals surface area contributed by atoms with Gasteiger partial charge in [0.25, 0.3) is 0 Å². The molecule has 5 rings (SSSR count). The number of anilines is 2. The van der Waals surface area contributed by atoms with Crippen LogP contribution in [0.3, 0.4) is 0 Å². The van der Waals surface area contributed by atoms with Crippen LogP contribution < -0.4 is 9.80 Å². The Morgan fingerprint density at radius 3 is 2.78 bits per heavy atom. The van der Waals surface area contributed by atoms with Crippen molar-refractivity contribution in [3.63, 3.8) is 0 Å². The van der Waals surface area contributed by atoms with E-state index in [4.69, 9.17) is 5.26 Å². The average molecular weight is 423 g/mol. The number of nitriles is 1. The van der Waals surface area contributed by atoms with Gasteiger partial charge in [0.15, 0.2) is 0 Å². The number of carbonyl (C=O) groups excluding carboxylic acids is 2. The number of hydrogen-bond donors (Lipinski definition) is 0. The van der Waals surface area contributed by atoms with Gasteiger partial charge in [0.05, 0.1) is 17.6 Å². The predicted molar refractivity (Wildman–Crippen MR) is 119 cm³/mol. The van der Waals surface area contributed by atoms with Crippen molar-refractivity contribution in [2.45, 2.75) is 19.3 Å². The van der Waals surface area contributed by atoms with E-state index in [0.29, 0.717) is 24.3 Å². The minimum Gasteiger partial charge on any atom is -0.312 e. The molecule has 7 heteroatoms. The quantitative estimate of drug-likeness (QED) is 0.644. The van der Waals surface area contributed by atoms with Crippen molar-refractivity contribution in [1.82, 2.24) is 9.97 Å². The summed E-state index contributed by atoms with van der Waals surface area (Å²) in [6.45, 7) is 0.963. The minimum atomic E-state index is -0.389. The maximum absolute atomic E-state index is 13.3. The van der Waals surface area contributed by atoms with Gasteiger partial charge in [0.1, 0.15) is 6.33 Å². The highest BCUT2D eigenvalue weighted by Gasteiger charge is 2.39. The Balaban J connectivity index is 1.31. The summed E-state index contributed by atoms with van der Waals surface area (Å²) in [6.07, 6.45) is 6.87. The van der Waals surface area contributed by atoms with Gasteiger partial charge >= 0.3 is 0 Å². The molecule has 1 saturated heterocycles. The fourth-order valence-corrected chi connectivity index (χ4v) is 4.54. The van der Waals surface area contributed by atoms with Gasteiger partial charge in [0, 0.05) is 49.7 Å². The molecular formula is C25H21N5O2. The first-order valence-electron chi connectivity index (χ1n) is 10.6. The Labute approximate surface area is 185 Å². The van der Waals surface area contributed by atoms with E-state index < -0.39 is 0 Å². The first-order chi connectivity index (χ1) is 15.6. The number of amides is 2. The van der Waals surface area contributed by atoms with Crippen LogP contribution in [0, 0.1) is 17.2 Å². The molecular weight excluding hydrogens is 402 g/mol. The summed E-state index contributed by atoms with van der Waals surface area (Å²) in [7, 11) is 0. The number of carbonyl (C=O) groups is 2. The van der Waals surface area contributed by atoms with Gasteiger partial charge < -0.3 is 9.80 Å². The molecule has 3 aromatic rings. The van der Waals surface area contributed by atoms with Crippen molar-refractivity contribution < 1.29 is 9.59 Å². The number of fused-ring (bicyclic) bond motifs is 1. The third-order valence-corrected chi connectivity index (χ3v) is 6.09. The van der Waals surface area contributed by atoms with E-state index in [-0.39, 0.29) is 24.2 Å². The summed E-state index contributed by atoms with van der Waals surface area (Å²) in [5.41, 5.74) is 5.45. The summed E-state index contributed by atoms with van der Waals surface area (Å²) >= 11 is 0. The third-order valence-electron chi connectivity index (χ3n) is 6.09. The van der Waals surface area contributed by atoms with E-state index in [2.05, 4.69) is 22.1 Å². The maximum atomic E-state index is 13.3. The van der Waals surface area contributed by atoms with Gasteiger partial charge in [-0.05, 0) is 47.4 Å². The Morgan fingerprint density at radius 2 is 1.97 bits per heavy atom. The van der Waals surface area contributed by atoms with Crippen LogP contribution in [0.1, 0.15) is 28.7 Å². The highest BCUT2D eigenvalue weighted by Crippen LogP contribution is 2.33. The highest BCUT2D eigenvalue weighted by atomic mass is 16.2. The molecule has 158 valence electrons. The number of rotatable bonds is 4. The van der Waals surface area contributed by atoms with Crippen molar-refractivity contribution in [1.29, 1.82) is 5.26 Å². The monoisotopic (exact) mass is 423 g/mol.